The average Bonchev–Trinajstić information content (AvgIpc) is 3.08. The lowest BCUT2D eigenvalue weighted by Gasteiger charge is -2.26. The Hall–Kier alpha value is -3.12. The molecule has 4 rings (SSSR count). The minimum absolute atomic E-state index is 0.146. The molecule has 0 fully saturated rings. The second kappa shape index (κ2) is 9.57. The van der Waals surface area contributed by atoms with Crippen LogP contribution < -0.4 is 10.2 Å². The van der Waals surface area contributed by atoms with E-state index in [-0.39, 0.29) is 17.1 Å². The zero-order valence-corrected chi connectivity index (χ0v) is 19.0. The molecule has 168 valence electrons. The molecule has 6 nitrogen and oxygen atoms in total. The summed E-state index contributed by atoms with van der Waals surface area (Å²) in [7, 11) is 3.93. The molecule has 0 N–H and O–H groups in total. The van der Waals surface area contributed by atoms with E-state index in [0.29, 0.717) is 36.2 Å². The van der Waals surface area contributed by atoms with Crippen molar-refractivity contribution in [3.8, 4) is 5.75 Å². The number of hydrogen-bond acceptors (Lipinski definition) is 5. The van der Waals surface area contributed by atoms with Gasteiger partial charge in [-0.25, -0.2) is 0 Å². The van der Waals surface area contributed by atoms with E-state index in [2.05, 4.69) is 6.92 Å². The Morgan fingerprint density at radius 3 is 2.50 bits per heavy atom. The van der Waals surface area contributed by atoms with Crippen LogP contribution in [0, 0.1) is 0 Å². The van der Waals surface area contributed by atoms with Gasteiger partial charge in [0, 0.05) is 13.1 Å². The molecule has 1 unspecified atom stereocenters. The summed E-state index contributed by atoms with van der Waals surface area (Å²) in [6.07, 6.45) is 3.32. The lowest BCUT2D eigenvalue weighted by molar-refractivity contribution is 0.0716. The van der Waals surface area contributed by atoms with Crippen LogP contribution in [0.15, 0.2) is 57.7 Å². The smallest absolute Gasteiger partial charge is 0.290 e. The minimum atomic E-state index is -0.479. The second-order valence-corrected chi connectivity index (χ2v) is 8.50. The Bertz CT molecular complexity index is 1150. The van der Waals surface area contributed by atoms with Crippen LogP contribution in [0.3, 0.4) is 0 Å². The Labute approximate surface area is 188 Å². The first kappa shape index (κ1) is 22.1. The number of benzene rings is 2. The first-order chi connectivity index (χ1) is 15.5. The van der Waals surface area contributed by atoms with Crippen LogP contribution in [0.1, 0.15) is 53.9 Å². The third kappa shape index (κ3) is 4.28. The summed E-state index contributed by atoms with van der Waals surface area (Å²) in [5.74, 6) is 0.701. The number of fused-ring (bicyclic) bond motifs is 2. The summed E-state index contributed by atoms with van der Waals surface area (Å²) in [6.45, 7) is 4.02. The molecule has 2 heterocycles. The van der Waals surface area contributed by atoms with Crippen molar-refractivity contribution in [2.75, 3.05) is 33.8 Å². The Balaban J connectivity index is 1.72. The number of unbranched alkanes of at least 4 members (excludes halogenated alkanes) is 2. The SMILES string of the molecule is CCCCCOc1ccc(C2c3c(oc4ccccc4c3=O)C(=O)N2CCN(C)C)cc1. The fourth-order valence-electron chi connectivity index (χ4n) is 4.14. The third-order valence-electron chi connectivity index (χ3n) is 5.87. The molecule has 0 aliphatic carbocycles. The van der Waals surface area contributed by atoms with E-state index in [0.717, 1.165) is 30.6 Å². The predicted molar refractivity (Wildman–Crippen MR) is 125 cm³/mol. The van der Waals surface area contributed by atoms with Crippen LogP contribution >= 0.6 is 0 Å². The number of amides is 1. The molecule has 1 aromatic heterocycles. The van der Waals surface area contributed by atoms with E-state index in [4.69, 9.17) is 9.15 Å². The first-order valence-corrected chi connectivity index (χ1v) is 11.3. The molecular formula is C26H30N2O4. The number of nitrogens with zero attached hydrogens (tertiary/aromatic N) is 2. The van der Waals surface area contributed by atoms with Crippen molar-refractivity contribution in [2.45, 2.75) is 32.2 Å². The summed E-state index contributed by atoms with van der Waals surface area (Å²) >= 11 is 0. The minimum Gasteiger partial charge on any atom is -0.494 e. The molecule has 1 aliphatic heterocycles. The molecule has 1 aliphatic rings. The molecule has 0 spiro atoms. The average molecular weight is 435 g/mol. The number of para-hydroxylation sites is 1. The van der Waals surface area contributed by atoms with Gasteiger partial charge >= 0.3 is 0 Å². The maximum Gasteiger partial charge on any atom is 0.290 e. The second-order valence-electron chi connectivity index (χ2n) is 8.50. The molecule has 0 bridgehead atoms. The maximum absolute atomic E-state index is 13.4. The fraction of sp³-hybridized carbons (Fsp3) is 0.385. The summed E-state index contributed by atoms with van der Waals surface area (Å²) in [5, 5.41) is 0.495. The van der Waals surface area contributed by atoms with Gasteiger partial charge in [-0.1, -0.05) is 44.0 Å². The molecular weight excluding hydrogens is 404 g/mol. The van der Waals surface area contributed by atoms with E-state index < -0.39 is 6.04 Å². The number of hydrogen-bond donors (Lipinski definition) is 0. The monoisotopic (exact) mass is 434 g/mol. The number of rotatable bonds is 9. The molecule has 32 heavy (non-hydrogen) atoms. The van der Waals surface area contributed by atoms with Gasteiger partial charge in [0.05, 0.1) is 23.6 Å². The van der Waals surface area contributed by atoms with Crippen molar-refractivity contribution in [3.63, 3.8) is 0 Å². The molecule has 3 aromatic rings. The van der Waals surface area contributed by atoms with E-state index >= 15 is 0 Å². The lowest BCUT2D eigenvalue weighted by Crippen LogP contribution is -2.35. The number of likely N-dealkylation sites (N-methyl/N-ethyl adjacent to an activating group) is 1. The first-order valence-electron chi connectivity index (χ1n) is 11.3. The highest BCUT2D eigenvalue weighted by atomic mass is 16.5. The molecule has 0 saturated heterocycles. The number of carbonyl (C=O) groups excluding carboxylic acids is 1. The topological polar surface area (TPSA) is 63.0 Å². The van der Waals surface area contributed by atoms with E-state index in [1.165, 1.54) is 0 Å². The van der Waals surface area contributed by atoms with Gasteiger partial charge in [0.2, 0.25) is 5.76 Å². The molecule has 0 saturated carbocycles. The summed E-state index contributed by atoms with van der Waals surface area (Å²) in [6, 6.07) is 14.3. The number of carbonyl (C=O) groups is 1. The zero-order chi connectivity index (χ0) is 22.7. The van der Waals surface area contributed by atoms with E-state index in [1.54, 1.807) is 23.1 Å². The fourth-order valence-corrected chi connectivity index (χ4v) is 4.14. The van der Waals surface area contributed by atoms with Crippen LogP contribution in [0.25, 0.3) is 11.0 Å². The lowest BCUT2D eigenvalue weighted by atomic mass is 9.98. The Morgan fingerprint density at radius 2 is 1.78 bits per heavy atom. The highest BCUT2D eigenvalue weighted by Crippen LogP contribution is 2.38. The summed E-state index contributed by atoms with van der Waals surface area (Å²) in [5.41, 5.74) is 1.59. The summed E-state index contributed by atoms with van der Waals surface area (Å²) < 4.78 is 11.8. The van der Waals surface area contributed by atoms with Crippen LogP contribution in [-0.4, -0.2) is 49.5 Å². The van der Waals surface area contributed by atoms with Gasteiger partial charge in [0.1, 0.15) is 11.3 Å². The molecule has 2 aromatic carbocycles. The van der Waals surface area contributed by atoms with Gasteiger partial charge in [0.25, 0.3) is 5.91 Å². The van der Waals surface area contributed by atoms with Crippen molar-refractivity contribution in [2.24, 2.45) is 0 Å². The molecule has 6 heteroatoms. The Kier molecular flexibility index (Phi) is 6.61. The summed E-state index contributed by atoms with van der Waals surface area (Å²) in [4.78, 5) is 30.5. The number of ether oxygens (including phenoxy) is 1. The zero-order valence-electron chi connectivity index (χ0n) is 19.0. The van der Waals surface area contributed by atoms with Gasteiger partial charge in [-0.3, -0.25) is 9.59 Å². The van der Waals surface area contributed by atoms with Gasteiger partial charge in [-0.2, -0.15) is 0 Å². The normalized spacial score (nSPS) is 15.6. The highest BCUT2D eigenvalue weighted by Gasteiger charge is 2.42. The van der Waals surface area contributed by atoms with Crippen LogP contribution in [-0.2, 0) is 0 Å². The van der Waals surface area contributed by atoms with E-state index in [9.17, 15) is 9.59 Å². The molecule has 1 amide bonds. The van der Waals surface area contributed by atoms with Gasteiger partial charge in [-0.15, -0.1) is 0 Å². The largest absolute Gasteiger partial charge is 0.494 e. The van der Waals surface area contributed by atoms with Crippen LogP contribution in [0.2, 0.25) is 0 Å². The standard InChI is InChI=1S/C26H30N2O4/c1-4-5-8-17-31-19-13-11-18(12-14-19)23-22-24(29)20-9-6-7-10-21(20)32-25(22)26(30)28(23)16-15-27(2)3/h6-7,9-14,23H,4-5,8,15-17H2,1-3H3. The van der Waals surface area contributed by atoms with Crippen molar-refractivity contribution in [3.05, 3.63) is 75.6 Å². The van der Waals surface area contributed by atoms with Gasteiger partial charge < -0.3 is 19.0 Å². The van der Waals surface area contributed by atoms with Crippen molar-refractivity contribution in [1.29, 1.82) is 0 Å². The highest BCUT2D eigenvalue weighted by molar-refractivity contribution is 5.99. The third-order valence-corrected chi connectivity index (χ3v) is 5.87. The van der Waals surface area contributed by atoms with Gasteiger partial charge in [0.15, 0.2) is 5.43 Å². The molecule has 1 atom stereocenters. The van der Waals surface area contributed by atoms with Gasteiger partial charge in [-0.05, 0) is 50.3 Å². The van der Waals surface area contributed by atoms with Crippen LogP contribution in [0.5, 0.6) is 5.75 Å². The Morgan fingerprint density at radius 1 is 1.03 bits per heavy atom. The predicted octanol–water partition coefficient (Wildman–Crippen LogP) is 4.47. The van der Waals surface area contributed by atoms with Crippen molar-refractivity contribution < 1.29 is 13.9 Å². The quantitative estimate of drug-likeness (QED) is 0.465. The van der Waals surface area contributed by atoms with Crippen LogP contribution in [0.4, 0.5) is 0 Å². The van der Waals surface area contributed by atoms with E-state index in [1.807, 2.05) is 49.3 Å². The van der Waals surface area contributed by atoms with Crippen molar-refractivity contribution in [1.82, 2.24) is 9.80 Å². The molecule has 0 radical (unpaired) electrons. The maximum atomic E-state index is 13.4. The van der Waals surface area contributed by atoms with Crippen molar-refractivity contribution >= 4 is 16.9 Å².